The van der Waals surface area contributed by atoms with E-state index in [2.05, 4.69) is 18.8 Å². The number of rotatable bonds is 8. The van der Waals surface area contributed by atoms with Crippen LogP contribution >= 0.6 is 0 Å². The van der Waals surface area contributed by atoms with Crippen LogP contribution in [0.4, 0.5) is 0 Å². The van der Waals surface area contributed by atoms with Gasteiger partial charge in [0.2, 0.25) is 0 Å². The fraction of sp³-hybridized carbons (Fsp3) is 0.667. The molecule has 0 amide bonds. The molecule has 1 aromatic heterocycles. The summed E-state index contributed by atoms with van der Waals surface area (Å²) in [5.74, 6) is 1.37. The van der Waals surface area contributed by atoms with Gasteiger partial charge in [-0.3, -0.25) is 4.98 Å². The van der Waals surface area contributed by atoms with Gasteiger partial charge in [-0.1, -0.05) is 13.8 Å². The lowest BCUT2D eigenvalue weighted by Crippen LogP contribution is -2.20. The highest BCUT2D eigenvalue weighted by Gasteiger charge is 2.08. The number of hydrogen-bond acceptors (Lipinski definition) is 4. The zero-order valence-electron chi connectivity index (χ0n) is 12.5. The van der Waals surface area contributed by atoms with Crippen LogP contribution in [0.2, 0.25) is 0 Å². The summed E-state index contributed by atoms with van der Waals surface area (Å²) in [7, 11) is 0. The molecule has 0 aliphatic rings. The topological polar surface area (TPSA) is 57.4 Å². The minimum Gasteiger partial charge on any atom is -0.489 e. The Bertz CT molecular complexity index is 378. The molecule has 0 aromatic carbocycles. The monoisotopic (exact) mass is 266 g/mol. The van der Waals surface area contributed by atoms with Crippen LogP contribution < -0.4 is 10.5 Å². The van der Waals surface area contributed by atoms with E-state index in [-0.39, 0.29) is 6.04 Å². The van der Waals surface area contributed by atoms with Crippen molar-refractivity contribution in [2.45, 2.75) is 40.2 Å². The fourth-order valence-electron chi connectivity index (χ4n) is 1.71. The highest BCUT2D eigenvalue weighted by molar-refractivity contribution is 5.29. The van der Waals surface area contributed by atoms with Gasteiger partial charge in [0.25, 0.3) is 0 Å². The molecule has 1 rings (SSSR count). The molecule has 0 aliphatic carbocycles. The Hall–Kier alpha value is -1.13. The van der Waals surface area contributed by atoms with E-state index < -0.39 is 0 Å². The number of ether oxygens (including phenoxy) is 2. The summed E-state index contributed by atoms with van der Waals surface area (Å²) >= 11 is 0. The lowest BCUT2D eigenvalue weighted by atomic mass is 10.1. The third kappa shape index (κ3) is 6.55. The first-order valence-electron chi connectivity index (χ1n) is 6.91. The first kappa shape index (κ1) is 15.9. The predicted molar refractivity (Wildman–Crippen MR) is 77.5 cm³/mol. The van der Waals surface area contributed by atoms with E-state index in [9.17, 15) is 0 Å². The predicted octanol–water partition coefficient (Wildman–Crippen LogP) is 2.33. The third-order valence-electron chi connectivity index (χ3n) is 2.52. The van der Waals surface area contributed by atoms with E-state index in [1.165, 1.54) is 0 Å². The average molecular weight is 266 g/mol. The van der Waals surface area contributed by atoms with Crippen molar-refractivity contribution in [2.24, 2.45) is 11.7 Å². The molecule has 1 unspecified atom stereocenters. The van der Waals surface area contributed by atoms with E-state index in [0.29, 0.717) is 19.1 Å². The van der Waals surface area contributed by atoms with Crippen LogP contribution in [0.5, 0.6) is 5.75 Å². The molecule has 108 valence electrons. The van der Waals surface area contributed by atoms with Crippen LogP contribution in [0.15, 0.2) is 12.1 Å². The van der Waals surface area contributed by atoms with E-state index in [1.807, 2.05) is 26.0 Å². The number of aromatic nitrogens is 1. The summed E-state index contributed by atoms with van der Waals surface area (Å²) in [5, 5.41) is 0. The van der Waals surface area contributed by atoms with Gasteiger partial charge in [-0.2, -0.15) is 0 Å². The summed E-state index contributed by atoms with van der Waals surface area (Å²) in [6, 6.07) is 3.99. The van der Waals surface area contributed by atoms with Gasteiger partial charge in [0.05, 0.1) is 12.3 Å². The first-order valence-corrected chi connectivity index (χ1v) is 6.91. The third-order valence-corrected chi connectivity index (χ3v) is 2.52. The Labute approximate surface area is 116 Å². The largest absolute Gasteiger partial charge is 0.489 e. The van der Waals surface area contributed by atoms with E-state index in [0.717, 1.165) is 30.2 Å². The van der Waals surface area contributed by atoms with Crippen molar-refractivity contribution in [3.05, 3.63) is 23.5 Å². The zero-order chi connectivity index (χ0) is 14.3. The normalized spacial score (nSPS) is 12.7. The van der Waals surface area contributed by atoms with Crippen molar-refractivity contribution >= 4 is 0 Å². The summed E-state index contributed by atoms with van der Waals surface area (Å²) in [5.41, 5.74) is 7.75. The standard InChI is InChI=1S/C15H26N2O2/c1-11(2)10-18-7-8-19-15-6-5-13(4)17-14(15)9-12(3)16/h5-6,11-12H,7-10,16H2,1-4H3. The molecular formula is C15H26N2O2. The molecule has 1 aromatic rings. The lowest BCUT2D eigenvalue weighted by Gasteiger charge is -2.13. The van der Waals surface area contributed by atoms with Crippen molar-refractivity contribution in [2.75, 3.05) is 19.8 Å². The SMILES string of the molecule is Cc1ccc(OCCOCC(C)C)c(CC(C)N)n1. The van der Waals surface area contributed by atoms with E-state index in [4.69, 9.17) is 15.2 Å². The minimum absolute atomic E-state index is 0.0776. The summed E-state index contributed by atoms with van der Waals surface area (Å²) in [4.78, 5) is 4.49. The highest BCUT2D eigenvalue weighted by Crippen LogP contribution is 2.18. The van der Waals surface area contributed by atoms with Crippen LogP contribution in [0.25, 0.3) is 0 Å². The molecule has 0 radical (unpaired) electrons. The van der Waals surface area contributed by atoms with Gasteiger partial charge in [-0.05, 0) is 31.9 Å². The van der Waals surface area contributed by atoms with Crippen molar-refractivity contribution < 1.29 is 9.47 Å². The molecule has 2 N–H and O–H groups in total. The number of nitrogens with two attached hydrogens (primary N) is 1. The quantitative estimate of drug-likeness (QED) is 0.734. The molecule has 4 heteroatoms. The number of hydrogen-bond donors (Lipinski definition) is 1. The molecule has 4 nitrogen and oxygen atoms in total. The van der Waals surface area contributed by atoms with Gasteiger partial charge in [0, 0.05) is 24.8 Å². The summed E-state index contributed by atoms with van der Waals surface area (Å²) in [6.45, 7) is 10.1. The van der Waals surface area contributed by atoms with Gasteiger partial charge in [0.15, 0.2) is 0 Å². The number of pyridine rings is 1. The Kier molecular flexibility index (Phi) is 6.81. The molecule has 0 spiro atoms. The van der Waals surface area contributed by atoms with Gasteiger partial charge in [-0.25, -0.2) is 0 Å². The zero-order valence-corrected chi connectivity index (χ0v) is 12.5. The van der Waals surface area contributed by atoms with Gasteiger partial charge in [-0.15, -0.1) is 0 Å². The summed E-state index contributed by atoms with van der Waals surface area (Å²) in [6.07, 6.45) is 0.726. The van der Waals surface area contributed by atoms with E-state index in [1.54, 1.807) is 0 Å². The second-order valence-corrected chi connectivity index (χ2v) is 5.40. The number of aryl methyl sites for hydroxylation is 1. The van der Waals surface area contributed by atoms with Crippen molar-refractivity contribution in [1.82, 2.24) is 4.98 Å². The molecular weight excluding hydrogens is 240 g/mol. The molecule has 1 atom stereocenters. The van der Waals surface area contributed by atoms with Crippen molar-refractivity contribution in [3.8, 4) is 5.75 Å². The van der Waals surface area contributed by atoms with E-state index >= 15 is 0 Å². The molecule has 0 saturated carbocycles. The second kappa shape index (κ2) is 8.12. The van der Waals surface area contributed by atoms with Crippen molar-refractivity contribution in [3.63, 3.8) is 0 Å². The smallest absolute Gasteiger partial charge is 0.140 e. The molecule has 19 heavy (non-hydrogen) atoms. The molecule has 0 saturated heterocycles. The Morgan fingerprint density at radius 1 is 1.21 bits per heavy atom. The molecule has 0 aliphatic heterocycles. The maximum Gasteiger partial charge on any atom is 0.140 e. The van der Waals surface area contributed by atoms with Crippen LogP contribution in [-0.4, -0.2) is 30.8 Å². The lowest BCUT2D eigenvalue weighted by molar-refractivity contribution is 0.0815. The first-order chi connectivity index (χ1) is 8.99. The van der Waals surface area contributed by atoms with Gasteiger partial charge in [0.1, 0.15) is 12.4 Å². The Balaban J connectivity index is 2.47. The van der Waals surface area contributed by atoms with Crippen LogP contribution in [0, 0.1) is 12.8 Å². The highest BCUT2D eigenvalue weighted by atomic mass is 16.5. The molecule has 0 fully saturated rings. The number of nitrogens with zero attached hydrogens (tertiary/aromatic N) is 1. The average Bonchev–Trinajstić information content (AvgIpc) is 2.30. The Morgan fingerprint density at radius 3 is 2.58 bits per heavy atom. The molecule has 1 heterocycles. The fourth-order valence-corrected chi connectivity index (χ4v) is 1.71. The Morgan fingerprint density at radius 2 is 1.95 bits per heavy atom. The van der Waals surface area contributed by atoms with Crippen LogP contribution in [0.1, 0.15) is 32.2 Å². The van der Waals surface area contributed by atoms with Crippen molar-refractivity contribution in [1.29, 1.82) is 0 Å². The second-order valence-electron chi connectivity index (χ2n) is 5.40. The minimum atomic E-state index is 0.0776. The van der Waals surface area contributed by atoms with Crippen LogP contribution in [0.3, 0.4) is 0 Å². The van der Waals surface area contributed by atoms with Crippen LogP contribution in [-0.2, 0) is 11.2 Å². The molecule has 0 bridgehead atoms. The maximum absolute atomic E-state index is 5.83. The summed E-state index contributed by atoms with van der Waals surface area (Å²) < 4.78 is 11.2. The maximum atomic E-state index is 5.83. The van der Waals surface area contributed by atoms with Gasteiger partial charge >= 0.3 is 0 Å². The van der Waals surface area contributed by atoms with Gasteiger partial charge < -0.3 is 15.2 Å².